The summed E-state index contributed by atoms with van der Waals surface area (Å²) >= 11 is 3.35. The molecule has 0 spiro atoms. The smallest absolute Gasteiger partial charge is 0.268 e. The Hall–Kier alpha value is -0.810. The first-order valence-electron chi connectivity index (χ1n) is 5.25. The average Bonchev–Trinajstić information content (AvgIpc) is 2.56. The van der Waals surface area contributed by atoms with Gasteiger partial charge in [0.2, 0.25) is 0 Å². The largest absolute Gasteiger partial charge is 0.392 e. The number of halogens is 1. The van der Waals surface area contributed by atoms with Gasteiger partial charge in [0.15, 0.2) is 0 Å². The number of nitrogens with zero attached hydrogens (tertiary/aromatic N) is 1. The standard InChI is InChI=1S/C11H17BrN2O2/c1-7(2)14-6-9(12)4-10(14)11(16)13-5-8(3)15/h4,6-8,15H,5H2,1-3H3,(H,13,16)/t8-/m0/s1. The molecule has 0 radical (unpaired) electrons. The minimum absolute atomic E-state index is 0.166. The monoisotopic (exact) mass is 288 g/mol. The van der Waals surface area contributed by atoms with Crippen LogP contribution in [0.3, 0.4) is 0 Å². The lowest BCUT2D eigenvalue weighted by Crippen LogP contribution is -2.32. The molecule has 0 aliphatic heterocycles. The summed E-state index contributed by atoms with van der Waals surface area (Å²) in [7, 11) is 0. The molecule has 5 heteroatoms. The van der Waals surface area contributed by atoms with Crippen LogP contribution in [0, 0.1) is 0 Å². The van der Waals surface area contributed by atoms with Gasteiger partial charge in [0.05, 0.1) is 6.10 Å². The number of amides is 1. The fraction of sp³-hybridized carbons (Fsp3) is 0.545. The maximum Gasteiger partial charge on any atom is 0.268 e. The van der Waals surface area contributed by atoms with E-state index in [4.69, 9.17) is 5.11 Å². The van der Waals surface area contributed by atoms with Crippen LogP contribution in [-0.2, 0) is 0 Å². The van der Waals surface area contributed by atoms with Crippen LogP contribution in [0.15, 0.2) is 16.7 Å². The molecule has 0 aliphatic rings. The number of hydrogen-bond donors (Lipinski definition) is 2. The molecule has 0 saturated heterocycles. The third-order valence-electron chi connectivity index (χ3n) is 2.16. The maximum absolute atomic E-state index is 11.8. The van der Waals surface area contributed by atoms with Gasteiger partial charge in [-0.1, -0.05) is 0 Å². The molecule has 90 valence electrons. The maximum atomic E-state index is 11.8. The summed E-state index contributed by atoms with van der Waals surface area (Å²) in [5, 5.41) is 11.8. The number of carbonyl (C=O) groups is 1. The van der Waals surface area contributed by atoms with Gasteiger partial charge in [-0.2, -0.15) is 0 Å². The van der Waals surface area contributed by atoms with E-state index in [0.717, 1.165) is 4.47 Å². The topological polar surface area (TPSA) is 54.3 Å². The summed E-state index contributed by atoms with van der Waals surface area (Å²) in [6, 6.07) is 2.00. The highest BCUT2D eigenvalue weighted by Crippen LogP contribution is 2.19. The van der Waals surface area contributed by atoms with Crippen molar-refractivity contribution < 1.29 is 9.90 Å². The van der Waals surface area contributed by atoms with Gasteiger partial charge in [-0.3, -0.25) is 4.79 Å². The summed E-state index contributed by atoms with van der Waals surface area (Å²) in [6.07, 6.45) is 1.34. The highest BCUT2D eigenvalue weighted by molar-refractivity contribution is 9.10. The van der Waals surface area contributed by atoms with Crippen LogP contribution in [0.1, 0.15) is 37.3 Å². The van der Waals surface area contributed by atoms with Gasteiger partial charge >= 0.3 is 0 Å². The number of carbonyl (C=O) groups excluding carboxylic acids is 1. The second-order valence-corrected chi connectivity index (χ2v) is 5.02. The third-order valence-corrected chi connectivity index (χ3v) is 2.60. The first-order chi connectivity index (χ1) is 7.41. The Balaban J connectivity index is 2.82. The molecule has 1 atom stereocenters. The number of aliphatic hydroxyl groups is 1. The summed E-state index contributed by atoms with van der Waals surface area (Å²) in [5.41, 5.74) is 0.600. The second-order valence-electron chi connectivity index (χ2n) is 4.10. The van der Waals surface area contributed by atoms with Gasteiger partial charge in [-0.05, 0) is 42.8 Å². The van der Waals surface area contributed by atoms with Gasteiger partial charge in [0.25, 0.3) is 5.91 Å². The van der Waals surface area contributed by atoms with Gasteiger partial charge < -0.3 is 15.0 Å². The van der Waals surface area contributed by atoms with Crippen molar-refractivity contribution in [3.63, 3.8) is 0 Å². The number of rotatable bonds is 4. The molecule has 2 N–H and O–H groups in total. The van der Waals surface area contributed by atoms with Crippen LogP contribution in [0.4, 0.5) is 0 Å². The minimum atomic E-state index is -0.533. The van der Waals surface area contributed by atoms with Crippen LogP contribution in [-0.4, -0.2) is 28.2 Å². The third kappa shape index (κ3) is 3.35. The molecule has 1 aromatic rings. The molecule has 4 nitrogen and oxygen atoms in total. The summed E-state index contributed by atoms with van der Waals surface area (Å²) in [5.74, 6) is -0.166. The lowest BCUT2D eigenvalue weighted by Gasteiger charge is -2.13. The number of aromatic nitrogens is 1. The summed E-state index contributed by atoms with van der Waals surface area (Å²) < 4.78 is 2.77. The Morgan fingerprint density at radius 3 is 2.69 bits per heavy atom. The SMILES string of the molecule is CC(C)n1cc(Br)cc1C(=O)NC[C@H](C)O. The van der Waals surface area contributed by atoms with Crippen LogP contribution in [0.2, 0.25) is 0 Å². The lowest BCUT2D eigenvalue weighted by molar-refractivity contribution is 0.0913. The Bertz CT molecular complexity index is 372. The van der Waals surface area contributed by atoms with Gasteiger partial charge in [0, 0.05) is 23.3 Å². The van der Waals surface area contributed by atoms with Crippen LogP contribution in [0.5, 0.6) is 0 Å². The molecule has 0 unspecified atom stereocenters. The van der Waals surface area contributed by atoms with E-state index in [1.54, 1.807) is 13.0 Å². The van der Waals surface area contributed by atoms with E-state index in [1.165, 1.54) is 0 Å². The van der Waals surface area contributed by atoms with Crippen molar-refractivity contribution in [2.24, 2.45) is 0 Å². The van der Waals surface area contributed by atoms with Crippen LogP contribution in [0.25, 0.3) is 0 Å². The normalized spacial score (nSPS) is 12.9. The molecule has 0 bridgehead atoms. The molecule has 16 heavy (non-hydrogen) atoms. The highest BCUT2D eigenvalue weighted by Gasteiger charge is 2.14. The zero-order chi connectivity index (χ0) is 12.3. The molecule has 1 amide bonds. The van der Waals surface area contributed by atoms with E-state index in [-0.39, 0.29) is 18.5 Å². The second kappa shape index (κ2) is 5.50. The first-order valence-corrected chi connectivity index (χ1v) is 6.04. The summed E-state index contributed by atoms with van der Waals surface area (Å²) in [4.78, 5) is 11.8. The van der Waals surface area contributed by atoms with Crippen molar-refractivity contribution in [3.05, 3.63) is 22.4 Å². The minimum Gasteiger partial charge on any atom is -0.392 e. The number of aliphatic hydroxyl groups excluding tert-OH is 1. The van der Waals surface area contributed by atoms with E-state index in [0.29, 0.717) is 5.69 Å². The zero-order valence-corrected chi connectivity index (χ0v) is 11.3. The van der Waals surface area contributed by atoms with E-state index in [1.807, 2.05) is 24.6 Å². The van der Waals surface area contributed by atoms with Crippen molar-refractivity contribution in [2.75, 3.05) is 6.54 Å². The van der Waals surface area contributed by atoms with Crippen molar-refractivity contribution in [2.45, 2.75) is 32.9 Å². The lowest BCUT2D eigenvalue weighted by atomic mass is 10.3. The van der Waals surface area contributed by atoms with Gasteiger partial charge in [-0.25, -0.2) is 0 Å². The molecular formula is C11H17BrN2O2. The van der Waals surface area contributed by atoms with E-state index < -0.39 is 6.10 Å². The molecule has 0 saturated carbocycles. The van der Waals surface area contributed by atoms with Crippen LogP contribution >= 0.6 is 15.9 Å². The molecular weight excluding hydrogens is 272 g/mol. The molecule has 1 heterocycles. The summed E-state index contributed by atoms with van der Waals surface area (Å²) in [6.45, 7) is 5.92. The predicted octanol–water partition coefficient (Wildman–Crippen LogP) is 1.94. The fourth-order valence-electron chi connectivity index (χ4n) is 1.39. The van der Waals surface area contributed by atoms with Crippen molar-refractivity contribution in [1.82, 2.24) is 9.88 Å². The van der Waals surface area contributed by atoms with E-state index in [9.17, 15) is 4.79 Å². The first kappa shape index (κ1) is 13.3. The quantitative estimate of drug-likeness (QED) is 0.890. The Labute approximate surface area is 104 Å². The Morgan fingerprint density at radius 1 is 1.56 bits per heavy atom. The predicted molar refractivity (Wildman–Crippen MR) is 66.5 cm³/mol. The molecule has 0 aromatic carbocycles. The molecule has 1 rings (SSSR count). The fourth-order valence-corrected chi connectivity index (χ4v) is 1.82. The number of nitrogens with one attached hydrogen (secondary N) is 1. The highest BCUT2D eigenvalue weighted by atomic mass is 79.9. The van der Waals surface area contributed by atoms with Crippen LogP contribution < -0.4 is 5.32 Å². The number of hydrogen-bond acceptors (Lipinski definition) is 2. The van der Waals surface area contributed by atoms with Crippen molar-refractivity contribution in [3.8, 4) is 0 Å². The van der Waals surface area contributed by atoms with Crippen molar-refractivity contribution >= 4 is 21.8 Å². The molecule has 1 aromatic heterocycles. The van der Waals surface area contributed by atoms with E-state index in [2.05, 4.69) is 21.2 Å². The Morgan fingerprint density at radius 2 is 2.19 bits per heavy atom. The Kier molecular flexibility index (Phi) is 4.56. The molecule has 0 aliphatic carbocycles. The zero-order valence-electron chi connectivity index (χ0n) is 9.70. The molecule has 0 fully saturated rings. The van der Waals surface area contributed by atoms with E-state index >= 15 is 0 Å². The van der Waals surface area contributed by atoms with Gasteiger partial charge in [0.1, 0.15) is 5.69 Å². The van der Waals surface area contributed by atoms with Gasteiger partial charge in [-0.15, -0.1) is 0 Å². The average molecular weight is 289 g/mol. The van der Waals surface area contributed by atoms with Crippen molar-refractivity contribution in [1.29, 1.82) is 0 Å².